The topological polar surface area (TPSA) is 37.8 Å². The van der Waals surface area contributed by atoms with E-state index in [2.05, 4.69) is 46.4 Å². The first-order valence-corrected chi connectivity index (χ1v) is 8.38. The number of nitrogens with one attached hydrogen (secondary N) is 1. The highest BCUT2D eigenvalue weighted by atomic mass is 79.9. The molecule has 2 aromatic rings. The third-order valence-electron chi connectivity index (χ3n) is 4.36. The van der Waals surface area contributed by atoms with E-state index < -0.39 is 0 Å². The predicted octanol–water partition coefficient (Wildman–Crippen LogP) is 3.74. The van der Waals surface area contributed by atoms with Crippen LogP contribution in [0.2, 0.25) is 0 Å². The van der Waals surface area contributed by atoms with Crippen molar-refractivity contribution in [2.24, 2.45) is 0 Å². The Hall–Kier alpha value is -1.26. The molecule has 1 saturated carbocycles. The van der Waals surface area contributed by atoms with Crippen molar-refractivity contribution in [2.45, 2.75) is 38.6 Å². The minimum absolute atomic E-state index is 0.663. The van der Waals surface area contributed by atoms with Crippen LogP contribution in [0.15, 0.2) is 22.7 Å². The first kappa shape index (κ1) is 13.4. The van der Waals surface area contributed by atoms with Crippen LogP contribution in [0.1, 0.15) is 41.3 Å². The van der Waals surface area contributed by atoms with Crippen LogP contribution in [0.25, 0.3) is 11.4 Å². The maximum absolute atomic E-state index is 4.94. The molecular formula is C17H18BrN3. The Bertz CT molecular complexity index is 707. The average molecular weight is 344 g/mol. The van der Waals surface area contributed by atoms with Crippen molar-refractivity contribution in [3.05, 3.63) is 45.2 Å². The van der Waals surface area contributed by atoms with Gasteiger partial charge in [0.05, 0.1) is 11.4 Å². The molecule has 3 nitrogen and oxygen atoms in total. The molecular weight excluding hydrogens is 326 g/mol. The molecule has 0 bridgehead atoms. The molecule has 4 heteroatoms. The van der Waals surface area contributed by atoms with Crippen LogP contribution in [0.4, 0.5) is 0 Å². The molecule has 1 aromatic carbocycles. The second-order valence-electron chi connectivity index (χ2n) is 6.02. The van der Waals surface area contributed by atoms with Gasteiger partial charge in [0.1, 0.15) is 0 Å². The van der Waals surface area contributed by atoms with Gasteiger partial charge < -0.3 is 5.32 Å². The van der Waals surface area contributed by atoms with Crippen molar-refractivity contribution < 1.29 is 0 Å². The van der Waals surface area contributed by atoms with Crippen LogP contribution in [0.5, 0.6) is 0 Å². The van der Waals surface area contributed by atoms with E-state index in [0.29, 0.717) is 5.92 Å². The summed E-state index contributed by atoms with van der Waals surface area (Å²) in [7, 11) is 0. The van der Waals surface area contributed by atoms with E-state index in [4.69, 9.17) is 9.97 Å². The number of fused-ring (bicyclic) bond motifs is 1. The Morgan fingerprint density at radius 3 is 2.86 bits per heavy atom. The van der Waals surface area contributed by atoms with Crippen molar-refractivity contribution in [1.82, 2.24) is 15.3 Å². The summed E-state index contributed by atoms with van der Waals surface area (Å²) >= 11 is 3.53. The number of benzene rings is 1. The molecule has 1 aliphatic heterocycles. The van der Waals surface area contributed by atoms with Gasteiger partial charge in [-0.3, -0.25) is 0 Å². The summed E-state index contributed by atoms with van der Waals surface area (Å²) in [5.41, 5.74) is 6.29. The van der Waals surface area contributed by atoms with Crippen LogP contribution >= 0.6 is 15.9 Å². The molecule has 1 N–H and O–H groups in total. The lowest BCUT2D eigenvalue weighted by atomic mass is 10.0. The van der Waals surface area contributed by atoms with Gasteiger partial charge in [0.2, 0.25) is 0 Å². The number of rotatable bonds is 2. The van der Waals surface area contributed by atoms with Gasteiger partial charge in [0.25, 0.3) is 0 Å². The summed E-state index contributed by atoms with van der Waals surface area (Å²) in [6, 6.07) is 6.33. The lowest BCUT2D eigenvalue weighted by Gasteiger charge is -2.20. The second kappa shape index (κ2) is 5.18. The third-order valence-corrected chi connectivity index (χ3v) is 4.85. The molecule has 0 atom stereocenters. The lowest BCUT2D eigenvalue weighted by Crippen LogP contribution is -2.26. The molecule has 1 fully saturated rings. The van der Waals surface area contributed by atoms with Gasteiger partial charge in [-0.2, -0.15) is 0 Å². The summed E-state index contributed by atoms with van der Waals surface area (Å²) in [4.78, 5) is 9.82. The van der Waals surface area contributed by atoms with Crippen LogP contribution in [0.3, 0.4) is 0 Å². The van der Waals surface area contributed by atoms with Crippen molar-refractivity contribution in [1.29, 1.82) is 0 Å². The Morgan fingerprint density at radius 1 is 1.24 bits per heavy atom. The standard InChI is InChI=1S/C17H18BrN3/c1-10-8-12(18)4-5-13(10)17-20-15-6-7-19-9-14(15)16(21-17)11-2-3-11/h4-5,8,11,19H,2-3,6-7,9H2,1H3. The fourth-order valence-electron chi connectivity index (χ4n) is 3.06. The first-order chi connectivity index (χ1) is 10.2. The number of nitrogens with zero attached hydrogens (tertiary/aromatic N) is 2. The van der Waals surface area contributed by atoms with E-state index in [0.717, 1.165) is 35.4 Å². The molecule has 1 aromatic heterocycles. The van der Waals surface area contributed by atoms with E-state index >= 15 is 0 Å². The molecule has 0 unspecified atom stereocenters. The minimum atomic E-state index is 0.663. The maximum atomic E-state index is 4.94. The first-order valence-electron chi connectivity index (χ1n) is 7.59. The number of halogens is 1. The molecule has 4 rings (SSSR count). The van der Waals surface area contributed by atoms with Crippen molar-refractivity contribution in [3.63, 3.8) is 0 Å². The van der Waals surface area contributed by atoms with Gasteiger partial charge in [-0.15, -0.1) is 0 Å². The summed E-state index contributed by atoms with van der Waals surface area (Å²) < 4.78 is 1.10. The molecule has 0 saturated heterocycles. The second-order valence-corrected chi connectivity index (χ2v) is 6.93. The maximum Gasteiger partial charge on any atom is 0.159 e. The number of aryl methyl sites for hydroxylation is 1. The van der Waals surface area contributed by atoms with Gasteiger partial charge >= 0.3 is 0 Å². The summed E-state index contributed by atoms with van der Waals surface area (Å²) in [5.74, 6) is 1.57. The van der Waals surface area contributed by atoms with Crippen LogP contribution in [-0.2, 0) is 13.0 Å². The lowest BCUT2D eigenvalue weighted by molar-refractivity contribution is 0.617. The van der Waals surface area contributed by atoms with E-state index in [1.807, 2.05) is 0 Å². The largest absolute Gasteiger partial charge is 0.312 e. The molecule has 0 amide bonds. The molecule has 0 radical (unpaired) electrons. The van der Waals surface area contributed by atoms with E-state index in [1.165, 1.54) is 35.4 Å². The SMILES string of the molecule is Cc1cc(Br)ccc1-c1nc2c(c(C3CC3)n1)CNCC2. The van der Waals surface area contributed by atoms with Crippen molar-refractivity contribution in [3.8, 4) is 11.4 Å². The van der Waals surface area contributed by atoms with Gasteiger partial charge in [0, 0.05) is 41.0 Å². The summed E-state index contributed by atoms with van der Waals surface area (Å²) in [6.07, 6.45) is 3.57. The highest BCUT2D eigenvalue weighted by molar-refractivity contribution is 9.10. The van der Waals surface area contributed by atoms with Crippen molar-refractivity contribution in [2.75, 3.05) is 6.54 Å². The van der Waals surface area contributed by atoms with Gasteiger partial charge in [-0.1, -0.05) is 15.9 Å². The Labute approximate surface area is 133 Å². The fraction of sp³-hybridized carbons (Fsp3) is 0.412. The van der Waals surface area contributed by atoms with E-state index in [9.17, 15) is 0 Å². The number of hydrogen-bond donors (Lipinski definition) is 1. The molecule has 2 heterocycles. The summed E-state index contributed by atoms with van der Waals surface area (Å²) in [6.45, 7) is 4.08. The average Bonchev–Trinajstić information content (AvgIpc) is 3.30. The molecule has 0 spiro atoms. The molecule has 21 heavy (non-hydrogen) atoms. The Morgan fingerprint density at radius 2 is 2.10 bits per heavy atom. The van der Waals surface area contributed by atoms with Gasteiger partial charge in [-0.25, -0.2) is 9.97 Å². The molecule has 1 aliphatic carbocycles. The monoisotopic (exact) mass is 343 g/mol. The zero-order valence-corrected chi connectivity index (χ0v) is 13.7. The minimum Gasteiger partial charge on any atom is -0.312 e. The Kier molecular flexibility index (Phi) is 3.31. The number of hydrogen-bond acceptors (Lipinski definition) is 3. The third kappa shape index (κ3) is 2.51. The highest BCUT2D eigenvalue weighted by Crippen LogP contribution is 2.42. The summed E-state index contributed by atoms with van der Waals surface area (Å²) in [5, 5.41) is 3.46. The zero-order valence-electron chi connectivity index (χ0n) is 12.1. The van der Waals surface area contributed by atoms with E-state index in [-0.39, 0.29) is 0 Å². The van der Waals surface area contributed by atoms with Crippen LogP contribution < -0.4 is 5.32 Å². The molecule has 108 valence electrons. The molecule has 2 aliphatic rings. The zero-order chi connectivity index (χ0) is 14.4. The Balaban J connectivity index is 1.87. The number of aromatic nitrogens is 2. The van der Waals surface area contributed by atoms with Crippen LogP contribution in [0, 0.1) is 6.92 Å². The van der Waals surface area contributed by atoms with Gasteiger partial charge in [0.15, 0.2) is 5.82 Å². The van der Waals surface area contributed by atoms with Crippen molar-refractivity contribution >= 4 is 15.9 Å². The predicted molar refractivity (Wildman–Crippen MR) is 87.3 cm³/mol. The van der Waals surface area contributed by atoms with Crippen LogP contribution in [-0.4, -0.2) is 16.5 Å². The highest BCUT2D eigenvalue weighted by Gasteiger charge is 2.31. The van der Waals surface area contributed by atoms with Gasteiger partial charge in [-0.05, 0) is 43.5 Å². The smallest absolute Gasteiger partial charge is 0.159 e. The fourth-order valence-corrected chi connectivity index (χ4v) is 3.54. The normalized spacial score (nSPS) is 17.6. The quantitative estimate of drug-likeness (QED) is 0.902. The van der Waals surface area contributed by atoms with E-state index in [1.54, 1.807) is 0 Å².